The first-order valence-electron chi connectivity index (χ1n) is 5.49. The SMILES string of the molecule is Cc1nc(N)cc(-c2c(Cl)nc3ccc(Br)cn23)n1. The molecule has 0 spiro atoms. The Morgan fingerprint density at radius 3 is 2.79 bits per heavy atom. The largest absolute Gasteiger partial charge is 0.384 e. The third-order valence-electron chi connectivity index (χ3n) is 2.64. The molecule has 0 unspecified atom stereocenters. The lowest BCUT2D eigenvalue weighted by Gasteiger charge is -2.04. The Hall–Kier alpha value is -1.66. The highest BCUT2D eigenvalue weighted by molar-refractivity contribution is 9.10. The van der Waals surface area contributed by atoms with Crippen molar-refractivity contribution in [1.29, 1.82) is 0 Å². The second-order valence-corrected chi connectivity index (χ2v) is 5.33. The van der Waals surface area contributed by atoms with Crippen LogP contribution in [0.15, 0.2) is 28.9 Å². The van der Waals surface area contributed by atoms with Crippen LogP contribution in [-0.2, 0) is 0 Å². The van der Waals surface area contributed by atoms with E-state index in [2.05, 4.69) is 30.9 Å². The van der Waals surface area contributed by atoms with Crippen LogP contribution in [0, 0.1) is 6.92 Å². The van der Waals surface area contributed by atoms with Crippen LogP contribution in [0.25, 0.3) is 17.0 Å². The number of aryl methyl sites for hydroxylation is 1. The second kappa shape index (κ2) is 4.47. The van der Waals surface area contributed by atoms with Crippen LogP contribution >= 0.6 is 27.5 Å². The lowest BCUT2D eigenvalue weighted by atomic mass is 10.3. The Labute approximate surface area is 122 Å². The maximum atomic E-state index is 6.21. The number of nitrogens with zero attached hydrogens (tertiary/aromatic N) is 4. The molecule has 3 aromatic rings. The fourth-order valence-corrected chi connectivity index (χ4v) is 2.54. The molecule has 3 aromatic heterocycles. The average molecular weight is 339 g/mol. The van der Waals surface area contributed by atoms with Gasteiger partial charge in [0.15, 0.2) is 5.15 Å². The molecule has 0 aliphatic carbocycles. The fraction of sp³-hybridized carbons (Fsp3) is 0.0833. The third-order valence-corrected chi connectivity index (χ3v) is 3.37. The third kappa shape index (κ3) is 2.17. The van der Waals surface area contributed by atoms with Crippen LogP contribution in [0.5, 0.6) is 0 Å². The molecule has 0 fully saturated rings. The van der Waals surface area contributed by atoms with Gasteiger partial charge < -0.3 is 5.73 Å². The molecule has 96 valence electrons. The molecule has 0 aliphatic rings. The second-order valence-electron chi connectivity index (χ2n) is 4.05. The molecule has 0 atom stereocenters. The summed E-state index contributed by atoms with van der Waals surface area (Å²) in [5.74, 6) is 1.000. The quantitative estimate of drug-likeness (QED) is 0.740. The standard InChI is InChI=1S/C12H9BrClN5/c1-6-16-8(4-9(15)17-6)11-12(14)18-10-3-2-7(13)5-19(10)11/h2-5H,1H3,(H2,15,16,17). The molecular formula is C12H9BrClN5. The molecule has 3 rings (SSSR count). The predicted molar refractivity (Wildman–Crippen MR) is 78.1 cm³/mol. The molecule has 0 saturated carbocycles. The van der Waals surface area contributed by atoms with Gasteiger partial charge in [-0.2, -0.15) is 0 Å². The summed E-state index contributed by atoms with van der Waals surface area (Å²) in [4.78, 5) is 12.7. The zero-order valence-electron chi connectivity index (χ0n) is 9.93. The van der Waals surface area contributed by atoms with Gasteiger partial charge in [-0.25, -0.2) is 15.0 Å². The normalized spacial score (nSPS) is 11.1. The first kappa shape index (κ1) is 12.4. The molecule has 0 radical (unpaired) electrons. The van der Waals surface area contributed by atoms with E-state index < -0.39 is 0 Å². The van der Waals surface area contributed by atoms with E-state index in [9.17, 15) is 0 Å². The molecule has 5 nitrogen and oxygen atoms in total. The number of halogens is 2. The molecule has 0 aliphatic heterocycles. The zero-order chi connectivity index (χ0) is 13.6. The molecule has 0 amide bonds. The average Bonchev–Trinajstić information content (AvgIpc) is 2.63. The lowest BCUT2D eigenvalue weighted by molar-refractivity contribution is 1.05. The van der Waals surface area contributed by atoms with E-state index >= 15 is 0 Å². The van der Waals surface area contributed by atoms with Gasteiger partial charge in [-0.15, -0.1) is 0 Å². The Kier molecular flexibility index (Phi) is 2.91. The maximum Gasteiger partial charge on any atom is 0.157 e. The predicted octanol–water partition coefficient (Wildman–Crippen LogP) is 3.10. The summed E-state index contributed by atoms with van der Waals surface area (Å²) >= 11 is 9.64. The molecular weight excluding hydrogens is 330 g/mol. The minimum absolute atomic E-state index is 0.385. The summed E-state index contributed by atoms with van der Waals surface area (Å²) in [6.07, 6.45) is 1.89. The van der Waals surface area contributed by atoms with Gasteiger partial charge in [-0.1, -0.05) is 11.6 Å². The Balaban J connectivity index is 2.35. The van der Waals surface area contributed by atoms with Crippen molar-refractivity contribution in [2.75, 3.05) is 5.73 Å². The summed E-state index contributed by atoms with van der Waals surface area (Å²) in [5.41, 5.74) is 7.86. The lowest BCUT2D eigenvalue weighted by Crippen LogP contribution is -1.99. The van der Waals surface area contributed by atoms with E-state index in [0.717, 1.165) is 10.1 Å². The Bertz CT molecular complexity index is 763. The number of rotatable bonds is 1. The van der Waals surface area contributed by atoms with Gasteiger partial charge in [0.25, 0.3) is 0 Å². The minimum Gasteiger partial charge on any atom is -0.384 e. The number of nitrogens with two attached hydrogens (primary N) is 1. The highest BCUT2D eigenvalue weighted by atomic mass is 79.9. The van der Waals surface area contributed by atoms with Crippen molar-refractivity contribution in [2.24, 2.45) is 0 Å². The van der Waals surface area contributed by atoms with E-state index in [4.69, 9.17) is 17.3 Å². The van der Waals surface area contributed by atoms with Crippen LogP contribution in [0.2, 0.25) is 5.15 Å². The van der Waals surface area contributed by atoms with Crippen molar-refractivity contribution in [1.82, 2.24) is 19.4 Å². The van der Waals surface area contributed by atoms with Crippen molar-refractivity contribution in [3.63, 3.8) is 0 Å². The fourth-order valence-electron chi connectivity index (χ4n) is 1.93. The molecule has 7 heteroatoms. The monoisotopic (exact) mass is 337 g/mol. The first-order chi connectivity index (χ1) is 9.04. The first-order valence-corrected chi connectivity index (χ1v) is 6.66. The van der Waals surface area contributed by atoms with Gasteiger partial charge >= 0.3 is 0 Å². The van der Waals surface area contributed by atoms with Gasteiger partial charge in [0.2, 0.25) is 0 Å². The van der Waals surface area contributed by atoms with Crippen molar-refractivity contribution < 1.29 is 0 Å². The summed E-state index contributed by atoms with van der Waals surface area (Å²) in [5, 5.41) is 0.385. The Morgan fingerprint density at radius 2 is 2.05 bits per heavy atom. The molecule has 19 heavy (non-hydrogen) atoms. The molecule has 0 aromatic carbocycles. The van der Waals surface area contributed by atoms with Crippen LogP contribution in [0.4, 0.5) is 5.82 Å². The number of anilines is 1. The van der Waals surface area contributed by atoms with E-state index in [0.29, 0.717) is 28.2 Å². The summed E-state index contributed by atoms with van der Waals surface area (Å²) in [6, 6.07) is 5.46. The number of fused-ring (bicyclic) bond motifs is 1. The minimum atomic E-state index is 0.385. The summed E-state index contributed by atoms with van der Waals surface area (Å²) in [6.45, 7) is 1.78. The number of nitrogen functional groups attached to an aromatic ring is 1. The smallest absolute Gasteiger partial charge is 0.157 e. The number of pyridine rings is 1. The van der Waals surface area contributed by atoms with E-state index in [-0.39, 0.29) is 0 Å². The molecule has 2 N–H and O–H groups in total. The van der Waals surface area contributed by atoms with Crippen molar-refractivity contribution in [3.05, 3.63) is 39.8 Å². The van der Waals surface area contributed by atoms with Gasteiger partial charge in [0.1, 0.15) is 23.0 Å². The molecule has 0 saturated heterocycles. The van der Waals surface area contributed by atoms with Gasteiger partial charge in [0, 0.05) is 16.7 Å². The van der Waals surface area contributed by atoms with Crippen LogP contribution in [-0.4, -0.2) is 19.4 Å². The van der Waals surface area contributed by atoms with Gasteiger partial charge in [0.05, 0.1) is 5.69 Å². The highest BCUT2D eigenvalue weighted by Gasteiger charge is 2.15. The highest BCUT2D eigenvalue weighted by Crippen LogP contribution is 2.29. The van der Waals surface area contributed by atoms with Crippen LogP contribution < -0.4 is 5.73 Å². The zero-order valence-corrected chi connectivity index (χ0v) is 12.3. The summed E-state index contributed by atoms with van der Waals surface area (Å²) < 4.78 is 2.79. The van der Waals surface area contributed by atoms with Crippen LogP contribution in [0.1, 0.15) is 5.82 Å². The van der Waals surface area contributed by atoms with Crippen molar-refractivity contribution in [3.8, 4) is 11.4 Å². The summed E-state index contributed by atoms with van der Waals surface area (Å²) in [7, 11) is 0. The molecule has 3 heterocycles. The van der Waals surface area contributed by atoms with E-state index in [1.54, 1.807) is 13.0 Å². The van der Waals surface area contributed by atoms with Crippen LogP contribution in [0.3, 0.4) is 0 Å². The van der Waals surface area contributed by atoms with E-state index in [1.807, 2.05) is 22.7 Å². The molecule has 0 bridgehead atoms. The maximum absolute atomic E-state index is 6.21. The van der Waals surface area contributed by atoms with Gasteiger partial charge in [-0.05, 0) is 35.0 Å². The van der Waals surface area contributed by atoms with Crippen molar-refractivity contribution in [2.45, 2.75) is 6.92 Å². The topological polar surface area (TPSA) is 69.1 Å². The number of aromatic nitrogens is 4. The number of hydrogen-bond acceptors (Lipinski definition) is 4. The number of imidazole rings is 1. The van der Waals surface area contributed by atoms with Crippen molar-refractivity contribution >= 4 is 39.0 Å². The van der Waals surface area contributed by atoms with Gasteiger partial charge in [-0.3, -0.25) is 4.40 Å². The Morgan fingerprint density at radius 1 is 1.26 bits per heavy atom. The van der Waals surface area contributed by atoms with E-state index in [1.165, 1.54) is 0 Å². The number of hydrogen-bond donors (Lipinski definition) is 1.